The summed E-state index contributed by atoms with van der Waals surface area (Å²) in [5, 5.41) is 3.76. The summed E-state index contributed by atoms with van der Waals surface area (Å²) in [5.41, 5.74) is 1.34. The molecule has 6 rings (SSSR count). The topological polar surface area (TPSA) is 116 Å². The number of nitrogens with one attached hydrogen (secondary N) is 1. The van der Waals surface area contributed by atoms with Gasteiger partial charge in [-0.2, -0.15) is 0 Å². The Morgan fingerprint density at radius 3 is 2.64 bits per heavy atom. The van der Waals surface area contributed by atoms with Crippen molar-refractivity contribution in [3.8, 4) is 11.4 Å². The Hall–Kier alpha value is -3.83. The van der Waals surface area contributed by atoms with Crippen LogP contribution in [0.4, 0.5) is 10.2 Å². The summed E-state index contributed by atoms with van der Waals surface area (Å²) in [6.07, 6.45) is 8.48. The Balaban J connectivity index is 1.44. The van der Waals surface area contributed by atoms with Gasteiger partial charge in [-0.05, 0) is 43.4 Å². The first-order chi connectivity index (χ1) is 18.7. The molecule has 3 aromatic heterocycles. The Labute approximate surface area is 228 Å². The molecule has 0 saturated heterocycles. The third-order valence-corrected chi connectivity index (χ3v) is 9.25. The average molecular weight is 568 g/mol. The van der Waals surface area contributed by atoms with Crippen molar-refractivity contribution < 1.29 is 22.3 Å². The molecule has 1 fully saturated rings. The maximum Gasteiger partial charge on any atom is 0.311 e. The highest BCUT2D eigenvalue weighted by molar-refractivity contribution is 7.90. The van der Waals surface area contributed by atoms with Gasteiger partial charge in [0.25, 0.3) is 10.0 Å². The summed E-state index contributed by atoms with van der Waals surface area (Å²) in [7, 11) is -2.71. The maximum atomic E-state index is 15.0. The fraction of sp³-hybridized carbons (Fsp3) is 0.259. The summed E-state index contributed by atoms with van der Waals surface area (Å²) in [5.74, 6) is -1.57. The van der Waals surface area contributed by atoms with Crippen molar-refractivity contribution in [2.45, 2.75) is 24.3 Å². The molecule has 0 aliphatic heterocycles. The molecule has 0 radical (unpaired) electrons. The molecule has 4 atom stereocenters. The third-order valence-electron chi connectivity index (χ3n) is 7.38. The number of carbonyl (C=O) groups excluding carboxylic acids is 1. The zero-order valence-electron chi connectivity index (χ0n) is 20.9. The molecule has 9 nitrogen and oxygen atoms in total. The van der Waals surface area contributed by atoms with Crippen molar-refractivity contribution in [3.05, 3.63) is 77.5 Å². The van der Waals surface area contributed by atoms with Crippen molar-refractivity contribution in [1.82, 2.24) is 18.9 Å². The van der Waals surface area contributed by atoms with Gasteiger partial charge in [-0.15, -0.1) is 0 Å². The van der Waals surface area contributed by atoms with Crippen molar-refractivity contribution in [1.29, 1.82) is 0 Å². The number of allylic oxidation sites excluding steroid dienone is 1. The van der Waals surface area contributed by atoms with Gasteiger partial charge in [-0.25, -0.2) is 31.7 Å². The van der Waals surface area contributed by atoms with Crippen LogP contribution in [0, 0.1) is 30.5 Å². The van der Waals surface area contributed by atoms with Crippen LogP contribution in [-0.4, -0.2) is 46.5 Å². The number of esters is 1. The molecule has 3 heterocycles. The summed E-state index contributed by atoms with van der Waals surface area (Å²) in [6.45, 7) is 1.86. The monoisotopic (exact) mass is 567 g/mol. The third kappa shape index (κ3) is 4.25. The van der Waals surface area contributed by atoms with E-state index in [4.69, 9.17) is 16.3 Å². The number of halogens is 2. The van der Waals surface area contributed by atoms with E-state index in [9.17, 15) is 17.6 Å². The number of hydrogen-bond acceptors (Lipinski definition) is 8. The number of aryl methyl sites for hydroxylation is 1. The molecule has 39 heavy (non-hydrogen) atoms. The minimum Gasteiger partial charge on any atom is -0.469 e. The van der Waals surface area contributed by atoms with Gasteiger partial charge in [-0.3, -0.25) is 4.79 Å². The van der Waals surface area contributed by atoms with E-state index in [0.717, 1.165) is 22.2 Å². The van der Waals surface area contributed by atoms with E-state index in [2.05, 4.69) is 20.3 Å². The number of benzene rings is 1. The van der Waals surface area contributed by atoms with Gasteiger partial charge < -0.3 is 10.1 Å². The second-order valence-corrected chi connectivity index (χ2v) is 12.0. The molecule has 0 amide bonds. The summed E-state index contributed by atoms with van der Waals surface area (Å²) in [4.78, 5) is 25.4. The molecule has 2 bridgehead atoms. The van der Waals surface area contributed by atoms with E-state index in [1.807, 2.05) is 19.1 Å². The number of nitrogens with zero attached hydrogens (tertiary/aromatic N) is 4. The van der Waals surface area contributed by atoms with Crippen molar-refractivity contribution in [2.24, 2.45) is 17.8 Å². The highest BCUT2D eigenvalue weighted by Gasteiger charge is 2.49. The predicted molar refractivity (Wildman–Crippen MR) is 143 cm³/mol. The van der Waals surface area contributed by atoms with Crippen LogP contribution in [0.3, 0.4) is 0 Å². The lowest BCUT2D eigenvalue weighted by Gasteiger charge is -2.27. The molecule has 1 N–H and O–H groups in total. The van der Waals surface area contributed by atoms with Crippen LogP contribution in [0.1, 0.15) is 12.0 Å². The lowest BCUT2D eigenvalue weighted by atomic mass is 9.89. The number of anilines is 1. The zero-order valence-corrected chi connectivity index (χ0v) is 22.4. The quantitative estimate of drug-likeness (QED) is 0.265. The van der Waals surface area contributed by atoms with Crippen LogP contribution in [0.5, 0.6) is 0 Å². The summed E-state index contributed by atoms with van der Waals surface area (Å²) >= 11 is 6.22. The SMILES string of the molecule is COC(=O)C1C2C=CC(C2)C1Nc1nc(-c2cn(S(=O)(=O)c3ccc(C)cc3)c3ncc(Cl)cc23)ncc1F. The van der Waals surface area contributed by atoms with Gasteiger partial charge in [0.1, 0.15) is 0 Å². The Kier molecular flexibility index (Phi) is 6.15. The average Bonchev–Trinajstić information content (AvgIpc) is 3.63. The Bertz CT molecular complexity index is 1760. The first-order valence-electron chi connectivity index (χ1n) is 12.2. The predicted octanol–water partition coefficient (Wildman–Crippen LogP) is 4.61. The first kappa shape index (κ1) is 25.4. The van der Waals surface area contributed by atoms with Gasteiger partial charge in [0.05, 0.1) is 29.1 Å². The number of ether oxygens (including phenoxy) is 1. The normalized spacial score (nSPS) is 21.9. The van der Waals surface area contributed by atoms with E-state index < -0.39 is 27.8 Å². The van der Waals surface area contributed by atoms with Crippen LogP contribution in [0.15, 0.2) is 66.0 Å². The van der Waals surface area contributed by atoms with Gasteiger partial charge in [0.15, 0.2) is 23.1 Å². The summed E-state index contributed by atoms with van der Waals surface area (Å²) in [6, 6.07) is 7.60. The smallest absolute Gasteiger partial charge is 0.311 e. The van der Waals surface area contributed by atoms with Gasteiger partial charge in [-0.1, -0.05) is 41.4 Å². The largest absolute Gasteiger partial charge is 0.469 e. The Morgan fingerprint density at radius 1 is 1.15 bits per heavy atom. The molecule has 1 saturated carbocycles. The molecule has 2 aliphatic rings. The first-order valence-corrected chi connectivity index (χ1v) is 14.0. The van der Waals surface area contributed by atoms with Crippen molar-refractivity contribution in [2.75, 3.05) is 12.4 Å². The molecular formula is C27H23ClFN5O4S. The van der Waals surface area contributed by atoms with Crippen LogP contribution in [0.2, 0.25) is 5.02 Å². The van der Waals surface area contributed by atoms with Gasteiger partial charge in [0, 0.05) is 29.4 Å². The number of aromatic nitrogens is 4. The number of hydrogen-bond donors (Lipinski definition) is 1. The highest BCUT2D eigenvalue weighted by atomic mass is 35.5. The lowest BCUT2D eigenvalue weighted by molar-refractivity contribution is -0.146. The van der Waals surface area contributed by atoms with Crippen LogP contribution < -0.4 is 5.32 Å². The fourth-order valence-corrected chi connectivity index (χ4v) is 6.95. The standard InChI is InChI=1S/C27H23ClFN5O4S/c1-14-3-7-18(8-4-14)39(36,37)34-13-20(19-10-17(28)11-31-26(19)34)24-30-12-21(29)25(33-24)32-23-16-6-5-15(9-16)22(23)27(35)38-2/h3-8,10-13,15-16,22-23H,9H2,1-2H3,(H,30,32,33). The highest BCUT2D eigenvalue weighted by Crippen LogP contribution is 2.45. The molecule has 2 aliphatic carbocycles. The number of rotatable bonds is 6. The van der Waals surface area contributed by atoms with Crippen LogP contribution >= 0.6 is 11.6 Å². The number of pyridine rings is 1. The van der Waals surface area contributed by atoms with E-state index >= 15 is 0 Å². The minimum atomic E-state index is -4.04. The second-order valence-electron chi connectivity index (χ2n) is 9.74. The van der Waals surface area contributed by atoms with Crippen LogP contribution in [0.25, 0.3) is 22.4 Å². The minimum absolute atomic E-state index is 0.00231. The maximum absolute atomic E-state index is 15.0. The fourth-order valence-electron chi connectivity index (χ4n) is 5.47. The van der Waals surface area contributed by atoms with Gasteiger partial charge >= 0.3 is 5.97 Å². The van der Waals surface area contributed by atoms with E-state index in [1.54, 1.807) is 18.2 Å². The molecule has 200 valence electrons. The lowest BCUT2D eigenvalue weighted by Crippen LogP contribution is -2.38. The van der Waals surface area contributed by atoms with Crippen LogP contribution in [-0.2, 0) is 19.6 Å². The second kappa shape index (κ2) is 9.42. The van der Waals surface area contributed by atoms with Crippen molar-refractivity contribution >= 4 is 44.4 Å². The molecule has 12 heteroatoms. The molecular weight excluding hydrogens is 545 g/mol. The zero-order chi connectivity index (χ0) is 27.5. The summed E-state index contributed by atoms with van der Waals surface area (Å²) < 4.78 is 48.1. The van der Waals surface area contributed by atoms with Gasteiger partial charge in [0.2, 0.25) is 0 Å². The van der Waals surface area contributed by atoms with E-state index in [-0.39, 0.29) is 45.0 Å². The number of fused-ring (bicyclic) bond motifs is 3. The molecule has 1 aromatic carbocycles. The van der Waals surface area contributed by atoms with E-state index in [0.29, 0.717) is 10.9 Å². The number of methoxy groups -OCH3 is 1. The molecule has 0 spiro atoms. The Morgan fingerprint density at radius 2 is 1.90 bits per heavy atom. The van der Waals surface area contributed by atoms with Crippen molar-refractivity contribution in [3.63, 3.8) is 0 Å². The molecule has 4 unspecified atom stereocenters. The molecule has 4 aromatic rings. The number of carbonyl (C=O) groups is 1. The van der Waals surface area contributed by atoms with E-state index in [1.165, 1.54) is 31.6 Å².